The molecule has 3 rings (SSSR count). The summed E-state index contributed by atoms with van der Waals surface area (Å²) >= 11 is 1.29. The summed E-state index contributed by atoms with van der Waals surface area (Å²) in [4.78, 5) is 16.5. The van der Waals surface area contributed by atoms with Crippen LogP contribution in [-0.4, -0.2) is 31.0 Å². The molecule has 2 aromatic heterocycles. The van der Waals surface area contributed by atoms with Crippen molar-refractivity contribution in [3.63, 3.8) is 0 Å². The molecule has 0 aliphatic heterocycles. The molecule has 0 aliphatic carbocycles. The maximum Gasteiger partial charge on any atom is 0.234 e. The van der Waals surface area contributed by atoms with Crippen LogP contribution in [0.2, 0.25) is 0 Å². The Morgan fingerprint density at radius 1 is 1.36 bits per heavy atom. The first-order chi connectivity index (χ1) is 12.0. The quantitative estimate of drug-likeness (QED) is 0.711. The van der Waals surface area contributed by atoms with Crippen LogP contribution in [0.1, 0.15) is 11.4 Å². The zero-order chi connectivity index (χ0) is 18.0. The Balaban J connectivity index is 1.68. The second kappa shape index (κ2) is 7.10. The molecule has 3 aromatic rings. The van der Waals surface area contributed by atoms with Crippen LogP contribution in [0.3, 0.4) is 0 Å². The molecule has 0 bridgehead atoms. The molecule has 2 heterocycles. The molecule has 0 unspecified atom stereocenters. The van der Waals surface area contributed by atoms with Gasteiger partial charge in [-0.25, -0.2) is 9.37 Å². The van der Waals surface area contributed by atoms with E-state index in [1.807, 2.05) is 20.9 Å². The number of thioether (sulfide) groups is 1. The van der Waals surface area contributed by atoms with E-state index >= 15 is 0 Å². The second-order valence-electron chi connectivity index (χ2n) is 5.57. The lowest BCUT2D eigenvalue weighted by Gasteiger charge is -2.08. The van der Waals surface area contributed by atoms with Crippen LogP contribution in [0.15, 0.2) is 41.8 Å². The summed E-state index contributed by atoms with van der Waals surface area (Å²) in [5.74, 6) is -0.263. The Kier molecular flexibility index (Phi) is 4.89. The monoisotopic (exact) mass is 359 g/mol. The maximum atomic E-state index is 13.4. The predicted octanol–water partition coefficient (Wildman–Crippen LogP) is 3.09. The summed E-state index contributed by atoms with van der Waals surface area (Å²) in [5.41, 5.74) is 3.08. The van der Waals surface area contributed by atoms with E-state index in [4.69, 9.17) is 0 Å². The number of rotatable bonds is 5. The highest BCUT2D eigenvalue weighted by Crippen LogP contribution is 2.22. The number of hydrogen-bond donors (Lipinski definition) is 1. The zero-order valence-corrected chi connectivity index (χ0v) is 15.0. The highest BCUT2D eigenvalue weighted by Gasteiger charge is 2.14. The minimum absolute atomic E-state index is 0.141. The number of carbonyl (C=O) groups excluding carboxylic acids is 1. The van der Waals surface area contributed by atoms with Crippen molar-refractivity contribution in [2.45, 2.75) is 19.0 Å². The van der Waals surface area contributed by atoms with Gasteiger partial charge in [-0.05, 0) is 32.0 Å². The number of nitrogens with one attached hydrogen (secondary N) is 1. The Labute approximate surface area is 149 Å². The number of carbonyl (C=O) groups is 1. The van der Waals surface area contributed by atoms with Gasteiger partial charge in [0.05, 0.1) is 28.5 Å². The SMILES string of the molecule is Cc1nn(C)c(C)c1NC(=O)CSc1nccn1-c1cccc(F)c1. The van der Waals surface area contributed by atoms with E-state index in [0.29, 0.717) is 10.8 Å². The topological polar surface area (TPSA) is 64.7 Å². The molecule has 1 N–H and O–H groups in total. The van der Waals surface area contributed by atoms with Crippen LogP contribution in [0.5, 0.6) is 0 Å². The van der Waals surface area contributed by atoms with Gasteiger partial charge in [0.1, 0.15) is 5.82 Å². The first-order valence-electron chi connectivity index (χ1n) is 7.68. The van der Waals surface area contributed by atoms with Gasteiger partial charge in [-0.15, -0.1) is 0 Å². The maximum absolute atomic E-state index is 13.4. The van der Waals surface area contributed by atoms with Crippen molar-refractivity contribution >= 4 is 23.4 Å². The highest BCUT2D eigenvalue weighted by molar-refractivity contribution is 7.99. The van der Waals surface area contributed by atoms with E-state index in [0.717, 1.165) is 17.1 Å². The smallest absolute Gasteiger partial charge is 0.234 e. The van der Waals surface area contributed by atoms with Crippen LogP contribution < -0.4 is 5.32 Å². The number of nitrogens with zero attached hydrogens (tertiary/aromatic N) is 4. The zero-order valence-electron chi connectivity index (χ0n) is 14.2. The number of amides is 1. The van der Waals surface area contributed by atoms with Crippen LogP contribution in [0.4, 0.5) is 10.1 Å². The molecule has 6 nitrogen and oxygen atoms in total. The molecule has 1 amide bonds. The average Bonchev–Trinajstić information content (AvgIpc) is 3.13. The van der Waals surface area contributed by atoms with Gasteiger partial charge < -0.3 is 5.32 Å². The van der Waals surface area contributed by atoms with E-state index in [1.54, 1.807) is 33.8 Å². The van der Waals surface area contributed by atoms with Crippen molar-refractivity contribution in [1.82, 2.24) is 19.3 Å². The molecule has 0 radical (unpaired) electrons. The number of imidazole rings is 1. The number of halogens is 1. The molecule has 8 heteroatoms. The van der Waals surface area contributed by atoms with E-state index in [2.05, 4.69) is 15.4 Å². The van der Waals surface area contributed by atoms with Crippen molar-refractivity contribution in [1.29, 1.82) is 0 Å². The van der Waals surface area contributed by atoms with Gasteiger partial charge in [0.15, 0.2) is 5.16 Å². The molecule has 0 saturated heterocycles. The van der Waals surface area contributed by atoms with Gasteiger partial charge in [-0.1, -0.05) is 17.8 Å². The lowest BCUT2D eigenvalue weighted by atomic mass is 10.3. The van der Waals surface area contributed by atoms with E-state index in [9.17, 15) is 9.18 Å². The number of aryl methyl sites for hydroxylation is 2. The van der Waals surface area contributed by atoms with Crippen molar-refractivity contribution in [2.75, 3.05) is 11.1 Å². The normalized spacial score (nSPS) is 10.9. The molecule has 130 valence electrons. The minimum Gasteiger partial charge on any atom is -0.322 e. The van der Waals surface area contributed by atoms with Crippen molar-refractivity contribution in [3.05, 3.63) is 53.9 Å². The first-order valence-corrected chi connectivity index (χ1v) is 8.66. The largest absolute Gasteiger partial charge is 0.322 e. The third-order valence-corrected chi connectivity index (χ3v) is 4.77. The van der Waals surface area contributed by atoms with Gasteiger partial charge in [0.2, 0.25) is 5.91 Å². The Bertz CT molecular complexity index is 918. The Morgan fingerprint density at radius 3 is 2.84 bits per heavy atom. The van der Waals surface area contributed by atoms with Gasteiger partial charge in [0, 0.05) is 19.4 Å². The number of benzene rings is 1. The lowest BCUT2D eigenvalue weighted by Crippen LogP contribution is -2.15. The minimum atomic E-state index is -0.317. The van der Waals surface area contributed by atoms with Crippen molar-refractivity contribution < 1.29 is 9.18 Å². The molecule has 25 heavy (non-hydrogen) atoms. The fourth-order valence-electron chi connectivity index (χ4n) is 2.48. The van der Waals surface area contributed by atoms with E-state index < -0.39 is 0 Å². The van der Waals surface area contributed by atoms with E-state index in [-0.39, 0.29) is 17.5 Å². The van der Waals surface area contributed by atoms with Crippen LogP contribution in [-0.2, 0) is 11.8 Å². The molecule has 0 atom stereocenters. The number of anilines is 1. The first kappa shape index (κ1) is 17.2. The standard InChI is InChI=1S/C17H18FN5OS/c1-11-16(12(2)22(3)21-11)20-15(24)10-25-17-19-7-8-23(17)14-6-4-5-13(18)9-14/h4-9H,10H2,1-3H3,(H,20,24). The van der Waals surface area contributed by atoms with Gasteiger partial charge in [-0.3, -0.25) is 14.0 Å². The molecule has 0 aliphatic rings. The molecule has 0 fully saturated rings. The number of hydrogen-bond acceptors (Lipinski definition) is 4. The van der Waals surface area contributed by atoms with Gasteiger partial charge in [-0.2, -0.15) is 5.10 Å². The van der Waals surface area contributed by atoms with Crippen LogP contribution in [0, 0.1) is 19.7 Å². The highest BCUT2D eigenvalue weighted by atomic mass is 32.2. The fraction of sp³-hybridized carbons (Fsp3) is 0.235. The number of aromatic nitrogens is 4. The lowest BCUT2D eigenvalue weighted by molar-refractivity contribution is -0.113. The summed E-state index contributed by atoms with van der Waals surface area (Å²) in [6.07, 6.45) is 3.37. The van der Waals surface area contributed by atoms with Crippen molar-refractivity contribution in [3.8, 4) is 5.69 Å². The molecular weight excluding hydrogens is 341 g/mol. The predicted molar refractivity (Wildman–Crippen MR) is 95.6 cm³/mol. The van der Waals surface area contributed by atoms with Crippen molar-refractivity contribution in [2.24, 2.45) is 7.05 Å². The van der Waals surface area contributed by atoms with Gasteiger partial charge in [0.25, 0.3) is 0 Å². The second-order valence-corrected chi connectivity index (χ2v) is 6.51. The Hall–Kier alpha value is -2.61. The van der Waals surface area contributed by atoms with Gasteiger partial charge >= 0.3 is 0 Å². The molecule has 1 aromatic carbocycles. The molecule has 0 saturated carbocycles. The average molecular weight is 359 g/mol. The third-order valence-electron chi connectivity index (χ3n) is 3.80. The Morgan fingerprint density at radius 2 is 2.16 bits per heavy atom. The third kappa shape index (κ3) is 3.74. The van der Waals surface area contributed by atoms with Crippen LogP contribution in [0.25, 0.3) is 5.69 Å². The summed E-state index contributed by atoms with van der Waals surface area (Å²) in [7, 11) is 1.84. The summed E-state index contributed by atoms with van der Waals surface area (Å²) in [5, 5.41) is 7.79. The molecular formula is C17H18FN5OS. The summed E-state index contributed by atoms with van der Waals surface area (Å²) in [6, 6.07) is 6.24. The summed E-state index contributed by atoms with van der Waals surface area (Å²) in [6.45, 7) is 3.76. The fourth-order valence-corrected chi connectivity index (χ4v) is 3.25. The molecule has 0 spiro atoms. The van der Waals surface area contributed by atoms with Crippen LogP contribution >= 0.6 is 11.8 Å². The summed E-state index contributed by atoms with van der Waals surface area (Å²) < 4.78 is 16.9. The van der Waals surface area contributed by atoms with E-state index in [1.165, 1.54) is 23.9 Å².